The van der Waals surface area contributed by atoms with Crippen molar-refractivity contribution < 1.29 is 0 Å². The summed E-state index contributed by atoms with van der Waals surface area (Å²) >= 11 is 0. The van der Waals surface area contributed by atoms with Crippen LogP contribution >= 0.6 is 0 Å². The molecule has 2 heterocycles. The third-order valence-corrected chi connectivity index (χ3v) is 3.74. The Balaban J connectivity index is 1.89. The maximum absolute atomic E-state index is 4.19. The molecule has 0 amide bonds. The maximum Gasteiger partial charge on any atom is 0.0346 e. The van der Waals surface area contributed by atoms with Crippen molar-refractivity contribution >= 4 is 10.8 Å². The Morgan fingerprint density at radius 2 is 2.06 bits per heavy atom. The van der Waals surface area contributed by atoms with Crippen LogP contribution in [0.4, 0.5) is 0 Å². The zero-order chi connectivity index (χ0) is 11.5. The van der Waals surface area contributed by atoms with Crippen LogP contribution in [-0.4, -0.2) is 18.1 Å². The van der Waals surface area contributed by atoms with Gasteiger partial charge in [0.2, 0.25) is 0 Å². The Morgan fingerprint density at radius 1 is 1.18 bits per heavy atom. The fourth-order valence-corrected chi connectivity index (χ4v) is 2.76. The second-order valence-electron chi connectivity index (χ2n) is 4.91. The van der Waals surface area contributed by atoms with E-state index < -0.39 is 0 Å². The highest BCUT2D eigenvalue weighted by molar-refractivity contribution is 5.84. The molecule has 17 heavy (non-hydrogen) atoms. The summed E-state index contributed by atoms with van der Waals surface area (Å²) in [5, 5.41) is 6.07. The molecule has 1 N–H and O–H groups in total. The number of aromatic nitrogens is 1. The number of hydrogen-bond acceptors (Lipinski definition) is 2. The Morgan fingerprint density at radius 3 is 2.94 bits per heavy atom. The van der Waals surface area contributed by atoms with Crippen LogP contribution in [0.2, 0.25) is 0 Å². The fraction of sp³-hybridized carbons (Fsp3) is 0.400. The van der Waals surface area contributed by atoms with Crippen LogP contribution in [-0.2, 0) is 6.42 Å². The summed E-state index contributed by atoms with van der Waals surface area (Å²) in [6.45, 7) is 2.36. The van der Waals surface area contributed by atoms with Crippen molar-refractivity contribution in [2.75, 3.05) is 13.1 Å². The van der Waals surface area contributed by atoms with Crippen molar-refractivity contribution in [3.8, 4) is 0 Å². The summed E-state index contributed by atoms with van der Waals surface area (Å²) in [5.41, 5.74) is 1.48. The highest BCUT2D eigenvalue weighted by Gasteiger charge is 2.14. The zero-order valence-electron chi connectivity index (χ0n) is 10.0. The Kier molecular flexibility index (Phi) is 3.06. The van der Waals surface area contributed by atoms with Gasteiger partial charge in [0.15, 0.2) is 0 Å². The van der Waals surface area contributed by atoms with Crippen molar-refractivity contribution in [2.45, 2.75) is 19.3 Å². The van der Waals surface area contributed by atoms with Gasteiger partial charge in [0, 0.05) is 17.8 Å². The van der Waals surface area contributed by atoms with E-state index in [9.17, 15) is 0 Å². The van der Waals surface area contributed by atoms with E-state index in [1.807, 2.05) is 12.4 Å². The molecule has 1 aliphatic heterocycles. The SMILES string of the molecule is c1cc(CC2CCNCC2)c2ccncc2c1. The van der Waals surface area contributed by atoms with Crippen molar-refractivity contribution in [3.05, 3.63) is 42.2 Å². The van der Waals surface area contributed by atoms with Crippen LogP contribution in [0, 0.1) is 5.92 Å². The maximum atomic E-state index is 4.19. The highest BCUT2D eigenvalue weighted by Crippen LogP contribution is 2.23. The number of fused-ring (bicyclic) bond motifs is 1. The molecule has 3 rings (SSSR count). The summed E-state index contributed by atoms with van der Waals surface area (Å²) in [6, 6.07) is 8.71. The molecule has 0 spiro atoms. The Hall–Kier alpha value is -1.41. The first-order valence-corrected chi connectivity index (χ1v) is 6.46. The van der Waals surface area contributed by atoms with Crippen LogP contribution in [0.3, 0.4) is 0 Å². The second-order valence-corrected chi connectivity index (χ2v) is 4.91. The van der Waals surface area contributed by atoms with Gasteiger partial charge in [0.1, 0.15) is 0 Å². The molecule has 1 saturated heterocycles. The molecule has 2 aromatic rings. The van der Waals surface area contributed by atoms with Crippen LogP contribution in [0.15, 0.2) is 36.7 Å². The summed E-state index contributed by atoms with van der Waals surface area (Å²) in [4.78, 5) is 4.19. The quantitative estimate of drug-likeness (QED) is 0.851. The lowest BCUT2D eigenvalue weighted by Crippen LogP contribution is -2.28. The molecule has 1 aromatic carbocycles. The third-order valence-electron chi connectivity index (χ3n) is 3.74. The Labute approximate surface area is 102 Å². The summed E-state index contributed by atoms with van der Waals surface area (Å²) in [5.74, 6) is 0.843. The van der Waals surface area contributed by atoms with E-state index >= 15 is 0 Å². The van der Waals surface area contributed by atoms with Crippen molar-refractivity contribution in [1.82, 2.24) is 10.3 Å². The number of nitrogens with zero attached hydrogens (tertiary/aromatic N) is 1. The molecule has 1 aliphatic rings. The van der Waals surface area contributed by atoms with Crippen molar-refractivity contribution in [1.29, 1.82) is 0 Å². The van der Waals surface area contributed by atoms with Crippen molar-refractivity contribution in [3.63, 3.8) is 0 Å². The highest BCUT2D eigenvalue weighted by atomic mass is 14.9. The van der Waals surface area contributed by atoms with Crippen LogP contribution < -0.4 is 5.32 Å². The molecule has 1 aromatic heterocycles. The number of nitrogens with one attached hydrogen (secondary N) is 1. The molecule has 0 atom stereocenters. The molecule has 1 fully saturated rings. The van der Waals surface area contributed by atoms with E-state index in [2.05, 4.69) is 34.6 Å². The lowest BCUT2D eigenvalue weighted by atomic mass is 9.89. The molecule has 0 bridgehead atoms. The topological polar surface area (TPSA) is 24.9 Å². The van der Waals surface area contributed by atoms with Gasteiger partial charge in [-0.05, 0) is 55.3 Å². The summed E-state index contributed by atoms with van der Waals surface area (Å²) in [6.07, 6.45) is 7.68. The molecule has 2 heteroatoms. The minimum absolute atomic E-state index is 0.843. The zero-order valence-corrected chi connectivity index (χ0v) is 10.0. The fourth-order valence-electron chi connectivity index (χ4n) is 2.76. The number of rotatable bonds is 2. The van der Waals surface area contributed by atoms with Gasteiger partial charge in [0.05, 0.1) is 0 Å². The number of piperidine rings is 1. The second kappa shape index (κ2) is 4.84. The number of pyridine rings is 1. The largest absolute Gasteiger partial charge is 0.317 e. The summed E-state index contributed by atoms with van der Waals surface area (Å²) < 4.78 is 0. The van der Waals surface area contributed by atoms with Gasteiger partial charge in [-0.25, -0.2) is 0 Å². The molecule has 0 unspecified atom stereocenters. The number of hydrogen-bond donors (Lipinski definition) is 1. The van der Waals surface area contributed by atoms with Gasteiger partial charge in [0.25, 0.3) is 0 Å². The van der Waals surface area contributed by atoms with Gasteiger partial charge >= 0.3 is 0 Å². The Bertz CT molecular complexity index is 496. The van der Waals surface area contributed by atoms with E-state index in [1.54, 1.807) is 0 Å². The van der Waals surface area contributed by atoms with E-state index in [1.165, 1.54) is 48.7 Å². The van der Waals surface area contributed by atoms with Gasteiger partial charge in [-0.15, -0.1) is 0 Å². The van der Waals surface area contributed by atoms with Gasteiger partial charge in [-0.1, -0.05) is 18.2 Å². The summed E-state index contributed by atoms with van der Waals surface area (Å²) in [7, 11) is 0. The average Bonchev–Trinajstić information content (AvgIpc) is 2.40. The molecule has 2 nitrogen and oxygen atoms in total. The molecule has 88 valence electrons. The number of benzene rings is 1. The van der Waals surface area contributed by atoms with Crippen LogP contribution in [0.1, 0.15) is 18.4 Å². The minimum atomic E-state index is 0.843. The standard InChI is InChI=1S/C15H18N2/c1-2-13(10-12-4-7-16-8-5-12)15-6-9-17-11-14(15)3-1/h1-3,6,9,11-12,16H,4-5,7-8,10H2. The lowest BCUT2D eigenvalue weighted by Gasteiger charge is -2.23. The monoisotopic (exact) mass is 226 g/mol. The molecule has 0 saturated carbocycles. The van der Waals surface area contributed by atoms with Gasteiger partial charge < -0.3 is 5.32 Å². The lowest BCUT2D eigenvalue weighted by molar-refractivity contribution is 0.373. The minimum Gasteiger partial charge on any atom is -0.317 e. The predicted molar refractivity (Wildman–Crippen MR) is 71.0 cm³/mol. The van der Waals surface area contributed by atoms with Gasteiger partial charge in [-0.2, -0.15) is 0 Å². The average molecular weight is 226 g/mol. The predicted octanol–water partition coefficient (Wildman–Crippen LogP) is 2.78. The van der Waals surface area contributed by atoms with Crippen LogP contribution in [0.25, 0.3) is 10.8 Å². The van der Waals surface area contributed by atoms with Crippen molar-refractivity contribution in [2.24, 2.45) is 5.92 Å². The van der Waals surface area contributed by atoms with E-state index in [0.717, 1.165) is 5.92 Å². The van der Waals surface area contributed by atoms with Gasteiger partial charge in [-0.3, -0.25) is 4.98 Å². The molecule has 0 aliphatic carbocycles. The first-order chi connectivity index (χ1) is 8.43. The molecular weight excluding hydrogens is 208 g/mol. The molecule has 0 radical (unpaired) electrons. The van der Waals surface area contributed by atoms with Crippen LogP contribution in [0.5, 0.6) is 0 Å². The first kappa shape index (κ1) is 10.7. The first-order valence-electron chi connectivity index (χ1n) is 6.46. The van der Waals surface area contributed by atoms with E-state index in [0.29, 0.717) is 0 Å². The normalized spacial score (nSPS) is 17.4. The van der Waals surface area contributed by atoms with E-state index in [-0.39, 0.29) is 0 Å². The third kappa shape index (κ3) is 2.32. The van der Waals surface area contributed by atoms with E-state index in [4.69, 9.17) is 0 Å². The smallest absolute Gasteiger partial charge is 0.0346 e. The molecular formula is C15H18N2.